The first kappa shape index (κ1) is 25.6. The van der Waals surface area contributed by atoms with E-state index in [0.717, 1.165) is 16.9 Å². The number of carbonyl (C=O) groups is 2. The summed E-state index contributed by atoms with van der Waals surface area (Å²) in [5.41, 5.74) is 3.00. The molecule has 0 saturated heterocycles. The molecule has 0 aliphatic carbocycles. The van der Waals surface area contributed by atoms with Gasteiger partial charge in [-0.3, -0.25) is 9.59 Å². The topological polar surface area (TPSA) is 86.3 Å². The maximum atomic E-state index is 12.9. The Kier molecular flexibility index (Phi) is 7.98. The number of carbonyl (C=O) groups excluding carboxylic acids is 2. The third-order valence-corrected chi connectivity index (χ3v) is 5.84. The number of anilines is 2. The minimum Gasteiger partial charge on any atom is -0.493 e. The average Bonchev–Trinajstić information content (AvgIpc) is 2.89. The van der Waals surface area contributed by atoms with Gasteiger partial charge in [0, 0.05) is 11.8 Å². The van der Waals surface area contributed by atoms with Crippen LogP contribution in [-0.4, -0.2) is 45.3 Å². The zero-order valence-corrected chi connectivity index (χ0v) is 21.3. The van der Waals surface area contributed by atoms with E-state index in [2.05, 4.69) is 5.32 Å². The molecule has 0 radical (unpaired) electrons. The highest BCUT2D eigenvalue weighted by atomic mass is 16.5. The molecule has 3 aromatic rings. The van der Waals surface area contributed by atoms with Crippen molar-refractivity contribution >= 4 is 29.3 Å². The van der Waals surface area contributed by atoms with Gasteiger partial charge >= 0.3 is 0 Å². The highest BCUT2D eigenvalue weighted by Gasteiger charge is 2.31. The van der Waals surface area contributed by atoms with Crippen LogP contribution in [0.1, 0.15) is 18.1 Å². The van der Waals surface area contributed by atoms with Crippen LogP contribution in [-0.2, 0) is 9.59 Å². The van der Waals surface area contributed by atoms with Gasteiger partial charge in [-0.05, 0) is 73.5 Å². The van der Waals surface area contributed by atoms with Crippen molar-refractivity contribution in [3.8, 4) is 23.0 Å². The van der Waals surface area contributed by atoms with Crippen LogP contribution in [0.5, 0.6) is 23.0 Å². The van der Waals surface area contributed by atoms with Crippen LogP contribution in [0.4, 0.5) is 11.4 Å². The molecular formula is C29H30N2O6. The van der Waals surface area contributed by atoms with E-state index >= 15 is 0 Å². The Bertz CT molecular complexity index is 1320. The standard InChI is InChI=1S/C29H30N2O6/c1-19-6-5-7-23(16-19)36-15-14-31-24-18-22(10-12-25(24)37-20(2)29(31)33)30-28(32)13-9-21-8-11-26(34-3)27(17-21)35-4/h5-13,16-18,20H,14-15H2,1-4H3,(H,30,32)/b13-9+. The van der Waals surface area contributed by atoms with Crippen LogP contribution >= 0.6 is 0 Å². The SMILES string of the molecule is COc1ccc(/C=C/C(=O)Nc2ccc3c(c2)N(CCOc2cccc(C)c2)C(=O)C(C)O3)cc1OC. The fourth-order valence-electron chi connectivity index (χ4n) is 3.99. The third-order valence-electron chi connectivity index (χ3n) is 5.84. The molecule has 8 nitrogen and oxygen atoms in total. The van der Waals surface area contributed by atoms with Crippen LogP contribution in [0.3, 0.4) is 0 Å². The maximum absolute atomic E-state index is 12.9. The number of nitrogens with one attached hydrogen (secondary N) is 1. The molecule has 3 aromatic carbocycles. The monoisotopic (exact) mass is 502 g/mol. The predicted octanol–water partition coefficient (Wildman–Crippen LogP) is 4.86. The largest absolute Gasteiger partial charge is 0.493 e. The van der Waals surface area contributed by atoms with E-state index in [1.54, 1.807) is 62.5 Å². The fraction of sp³-hybridized carbons (Fsp3) is 0.241. The van der Waals surface area contributed by atoms with Gasteiger partial charge in [0.25, 0.3) is 5.91 Å². The highest BCUT2D eigenvalue weighted by Crippen LogP contribution is 2.36. The summed E-state index contributed by atoms with van der Waals surface area (Å²) in [4.78, 5) is 27.1. The van der Waals surface area contributed by atoms with Crippen molar-refractivity contribution in [2.24, 2.45) is 0 Å². The van der Waals surface area contributed by atoms with E-state index in [-0.39, 0.29) is 11.8 Å². The molecule has 1 aliphatic rings. The second-order valence-corrected chi connectivity index (χ2v) is 8.53. The number of ether oxygens (including phenoxy) is 4. The minimum absolute atomic E-state index is 0.169. The lowest BCUT2D eigenvalue weighted by Crippen LogP contribution is -2.46. The summed E-state index contributed by atoms with van der Waals surface area (Å²) in [5, 5.41) is 2.84. The second kappa shape index (κ2) is 11.5. The number of aryl methyl sites for hydroxylation is 1. The molecule has 8 heteroatoms. The summed E-state index contributed by atoms with van der Waals surface area (Å²) in [6.45, 7) is 4.36. The van der Waals surface area contributed by atoms with Crippen LogP contribution in [0.15, 0.2) is 66.7 Å². The smallest absolute Gasteiger partial charge is 0.267 e. The maximum Gasteiger partial charge on any atom is 0.267 e. The summed E-state index contributed by atoms with van der Waals surface area (Å²) in [6.07, 6.45) is 2.49. The Morgan fingerprint density at radius 3 is 2.62 bits per heavy atom. The normalized spacial score (nSPS) is 14.6. The lowest BCUT2D eigenvalue weighted by Gasteiger charge is -2.33. The third kappa shape index (κ3) is 6.22. The molecule has 1 N–H and O–H groups in total. The number of hydrogen-bond donors (Lipinski definition) is 1. The number of fused-ring (bicyclic) bond motifs is 1. The molecule has 0 spiro atoms. The Morgan fingerprint density at radius 2 is 1.86 bits per heavy atom. The predicted molar refractivity (Wildman–Crippen MR) is 143 cm³/mol. The molecule has 1 unspecified atom stereocenters. The van der Waals surface area contributed by atoms with Gasteiger partial charge in [0.05, 0.1) is 26.5 Å². The van der Waals surface area contributed by atoms with Gasteiger partial charge in [-0.1, -0.05) is 18.2 Å². The van der Waals surface area contributed by atoms with Gasteiger partial charge in [0.2, 0.25) is 5.91 Å². The zero-order valence-electron chi connectivity index (χ0n) is 21.3. The van der Waals surface area contributed by atoms with Gasteiger partial charge in [-0.25, -0.2) is 0 Å². The van der Waals surface area contributed by atoms with E-state index in [4.69, 9.17) is 18.9 Å². The molecule has 0 saturated carbocycles. The van der Waals surface area contributed by atoms with Gasteiger partial charge in [-0.15, -0.1) is 0 Å². The van der Waals surface area contributed by atoms with E-state index in [9.17, 15) is 9.59 Å². The summed E-state index contributed by atoms with van der Waals surface area (Å²) >= 11 is 0. The number of hydrogen-bond acceptors (Lipinski definition) is 6. The van der Waals surface area contributed by atoms with Gasteiger partial charge in [-0.2, -0.15) is 0 Å². The van der Waals surface area contributed by atoms with Crippen molar-refractivity contribution in [1.29, 1.82) is 0 Å². The zero-order chi connectivity index (χ0) is 26.4. The Balaban J connectivity index is 1.45. The number of rotatable bonds is 9. The van der Waals surface area contributed by atoms with Crippen molar-refractivity contribution in [3.63, 3.8) is 0 Å². The molecule has 1 heterocycles. The Labute approximate surface area is 216 Å². The van der Waals surface area contributed by atoms with E-state index in [0.29, 0.717) is 41.8 Å². The molecule has 2 amide bonds. The fourth-order valence-corrected chi connectivity index (χ4v) is 3.99. The summed E-state index contributed by atoms with van der Waals surface area (Å²) < 4.78 is 22.2. The molecule has 0 fully saturated rings. The van der Waals surface area contributed by atoms with E-state index in [1.807, 2.05) is 37.3 Å². The van der Waals surface area contributed by atoms with Crippen molar-refractivity contribution in [1.82, 2.24) is 0 Å². The van der Waals surface area contributed by atoms with Crippen molar-refractivity contribution < 1.29 is 28.5 Å². The van der Waals surface area contributed by atoms with Crippen LogP contribution in [0.25, 0.3) is 6.08 Å². The lowest BCUT2D eigenvalue weighted by molar-refractivity contribution is -0.125. The van der Waals surface area contributed by atoms with Crippen LogP contribution in [0.2, 0.25) is 0 Å². The second-order valence-electron chi connectivity index (χ2n) is 8.53. The van der Waals surface area contributed by atoms with Crippen LogP contribution < -0.4 is 29.2 Å². The first-order valence-corrected chi connectivity index (χ1v) is 11.9. The van der Waals surface area contributed by atoms with E-state index in [1.165, 1.54) is 6.08 Å². The molecule has 0 bridgehead atoms. The quantitative estimate of drug-likeness (QED) is 0.421. The summed E-state index contributed by atoms with van der Waals surface area (Å²) in [5.74, 6) is 2.01. The molecule has 1 atom stereocenters. The Morgan fingerprint density at radius 1 is 1.05 bits per heavy atom. The van der Waals surface area contributed by atoms with Gasteiger partial charge in [0.1, 0.15) is 18.1 Å². The van der Waals surface area contributed by atoms with Crippen molar-refractivity contribution in [2.45, 2.75) is 20.0 Å². The first-order valence-electron chi connectivity index (χ1n) is 11.9. The van der Waals surface area contributed by atoms with Crippen molar-refractivity contribution in [3.05, 3.63) is 77.9 Å². The molecule has 4 rings (SSSR count). The number of amides is 2. The average molecular weight is 503 g/mol. The molecule has 37 heavy (non-hydrogen) atoms. The molecule has 0 aromatic heterocycles. The lowest BCUT2D eigenvalue weighted by atomic mass is 10.1. The number of benzene rings is 3. The molecule has 1 aliphatic heterocycles. The summed E-state index contributed by atoms with van der Waals surface area (Å²) in [6, 6.07) is 18.3. The highest BCUT2D eigenvalue weighted by molar-refractivity contribution is 6.04. The Hall–Kier alpha value is -4.46. The molecule has 192 valence electrons. The number of methoxy groups -OCH3 is 2. The molecular weight excluding hydrogens is 472 g/mol. The van der Waals surface area contributed by atoms with Crippen molar-refractivity contribution in [2.75, 3.05) is 37.6 Å². The first-order chi connectivity index (χ1) is 17.9. The number of nitrogens with zero attached hydrogens (tertiary/aromatic N) is 1. The van der Waals surface area contributed by atoms with Gasteiger partial charge in [0.15, 0.2) is 17.6 Å². The minimum atomic E-state index is -0.615. The van der Waals surface area contributed by atoms with Gasteiger partial charge < -0.3 is 29.2 Å². The van der Waals surface area contributed by atoms with E-state index < -0.39 is 6.10 Å². The summed E-state index contributed by atoms with van der Waals surface area (Å²) in [7, 11) is 3.12. The van der Waals surface area contributed by atoms with Crippen LogP contribution in [0, 0.1) is 6.92 Å².